The number of carbonyl (C=O) groups is 1. The number of alkyl halides is 3. The molecule has 5 rings (SSSR count). The van der Waals surface area contributed by atoms with E-state index in [1.165, 1.54) is 41.2 Å². The van der Waals surface area contributed by atoms with Crippen molar-refractivity contribution in [3.63, 3.8) is 0 Å². The lowest BCUT2D eigenvalue weighted by atomic mass is 10.1. The summed E-state index contributed by atoms with van der Waals surface area (Å²) in [5, 5.41) is 19.7. The van der Waals surface area contributed by atoms with E-state index in [2.05, 4.69) is 20.5 Å². The van der Waals surface area contributed by atoms with E-state index in [4.69, 9.17) is 16.3 Å². The smallest absolute Gasteiger partial charge is 0.372 e. The van der Waals surface area contributed by atoms with Crippen LogP contribution in [0.25, 0.3) is 11.2 Å². The molecule has 9 nitrogen and oxygen atoms in total. The number of fused-ring (bicyclic) bond motifs is 1. The molecular weight excluding hydrogens is 487 g/mol. The Morgan fingerprint density at radius 3 is 2.77 bits per heavy atom. The number of halogens is 4. The van der Waals surface area contributed by atoms with E-state index in [1.807, 2.05) is 6.07 Å². The SMILES string of the molecule is N#Cc1ccc(-n2ncc(C(=O)Nc3cnc([C@@H]4CCCO4)c(Cl)c3)c2C(F)(F)F)c2ccnn12. The standard InChI is InChI=1S/C22H15ClF3N7O2/c23-15-8-12(10-28-19(15)18-2-1-7-35-18)31-21(34)14-11-30-33(20(14)22(24,25)26)16-4-3-13(9-27)32-17(16)5-6-29-32/h3-6,8,10-11,18H,1-2,7H2,(H,31,34)/t18-/m0/s1. The zero-order valence-corrected chi connectivity index (χ0v) is 18.5. The summed E-state index contributed by atoms with van der Waals surface area (Å²) in [6, 6.07) is 7.41. The summed E-state index contributed by atoms with van der Waals surface area (Å²) < 4.78 is 49.7. The normalized spacial score (nSPS) is 15.9. The highest BCUT2D eigenvalue weighted by Crippen LogP contribution is 2.36. The molecule has 0 spiro atoms. The summed E-state index contributed by atoms with van der Waals surface area (Å²) in [6.07, 6.45) is -0.0549. The molecule has 0 unspecified atom stereocenters. The molecule has 178 valence electrons. The number of pyridine rings is 2. The zero-order chi connectivity index (χ0) is 24.7. The van der Waals surface area contributed by atoms with Gasteiger partial charge in [0.1, 0.15) is 17.9 Å². The minimum atomic E-state index is -4.92. The number of nitrogens with one attached hydrogen (secondary N) is 1. The maximum atomic E-state index is 14.1. The topological polar surface area (TPSA) is 110 Å². The van der Waals surface area contributed by atoms with Crippen LogP contribution in [-0.4, -0.2) is 36.9 Å². The minimum Gasteiger partial charge on any atom is -0.372 e. The molecule has 35 heavy (non-hydrogen) atoms. The van der Waals surface area contributed by atoms with E-state index in [-0.39, 0.29) is 33.7 Å². The molecule has 5 heterocycles. The Hall–Kier alpha value is -3.95. The van der Waals surface area contributed by atoms with Crippen LogP contribution in [-0.2, 0) is 10.9 Å². The maximum absolute atomic E-state index is 14.1. The summed E-state index contributed by atoms with van der Waals surface area (Å²) >= 11 is 6.27. The van der Waals surface area contributed by atoms with Gasteiger partial charge in [-0.3, -0.25) is 9.78 Å². The van der Waals surface area contributed by atoms with Crippen molar-refractivity contribution in [1.82, 2.24) is 24.4 Å². The molecule has 1 fully saturated rings. The third-order valence-corrected chi connectivity index (χ3v) is 5.82. The van der Waals surface area contributed by atoms with Crippen LogP contribution in [0.1, 0.15) is 46.4 Å². The van der Waals surface area contributed by atoms with Crippen LogP contribution in [0.5, 0.6) is 0 Å². The molecule has 1 aliphatic rings. The first-order valence-corrected chi connectivity index (χ1v) is 10.8. The van der Waals surface area contributed by atoms with Gasteiger partial charge in [0.15, 0.2) is 5.69 Å². The third kappa shape index (κ3) is 4.09. The number of ether oxygens (including phenoxy) is 1. The van der Waals surface area contributed by atoms with Crippen molar-refractivity contribution in [2.45, 2.75) is 25.1 Å². The van der Waals surface area contributed by atoms with Gasteiger partial charge in [-0.1, -0.05) is 11.6 Å². The molecule has 1 saturated heterocycles. The highest BCUT2D eigenvalue weighted by Gasteiger charge is 2.41. The summed E-state index contributed by atoms with van der Waals surface area (Å²) in [4.78, 5) is 17.1. The summed E-state index contributed by atoms with van der Waals surface area (Å²) in [6.45, 7) is 0.593. The molecule has 1 aliphatic heterocycles. The lowest BCUT2D eigenvalue weighted by Crippen LogP contribution is -2.21. The number of anilines is 1. The van der Waals surface area contributed by atoms with E-state index in [0.29, 0.717) is 17.0 Å². The fourth-order valence-electron chi connectivity index (χ4n) is 3.98. The van der Waals surface area contributed by atoms with Crippen LogP contribution in [0, 0.1) is 11.3 Å². The number of nitrogens with zero attached hydrogens (tertiary/aromatic N) is 6. The van der Waals surface area contributed by atoms with Gasteiger partial charge in [0.2, 0.25) is 0 Å². The van der Waals surface area contributed by atoms with E-state index >= 15 is 0 Å². The van der Waals surface area contributed by atoms with Crippen LogP contribution in [0.2, 0.25) is 5.02 Å². The Bertz CT molecular complexity index is 1480. The largest absolute Gasteiger partial charge is 0.434 e. The summed E-state index contributed by atoms with van der Waals surface area (Å²) in [7, 11) is 0. The van der Waals surface area contributed by atoms with Gasteiger partial charge in [-0.15, -0.1) is 0 Å². The molecule has 1 amide bonds. The van der Waals surface area contributed by atoms with Crippen molar-refractivity contribution in [3.05, 3.63) is 70.5 Å². The maximum Gasteiger partial charge on any atom is 0.434 e. The fraction of sp³-hybridized carbons (Fsp3) is 0.227. The second kappa shape index (κ2) is 8.68. The van der Waals surface area contributed by atoms with Crippen molar-refractivity contribution in [2.24, 2.45) is 0 Å². The molecule has 1 N–H and O–H groups in total. The van der Waals surface area contributed by atoms with Gasteiger partial charge in [0, 0.05) is 6.61 Å². The molecular formula is C22H15ClF3N7O2. The van der Waals surface area contributed by atoms with Gasteiger partial charge in [0.25, 0.3) is 5.91 Å². The first kappa shape index (κ1) is 22.8. The molecule has 4 aromatic rings. The summed E-state index contributed by atoms with van der Waals surface area (Å²) in [5.41, 5.74) is -1.00. The lowest BCUT2D eigenvalue weighted by Gasteiger charge is -2.14. The van der Waals surface area contributed by atoms with Gasteiger partial charge in [-0.05, 0) is 37.1 Å². The molecule has 0 radical (unpaired) electrons. The molecule has 0 aromatic carbocycles. The number of hydrogen-bond acceptors (Lipinski definition) is 6. The average molecular weight is 502 g/mol. The monoisotopic (exact) mass is 501 g/mol. The Morgan fingerprint density at radius 2 is 2.09 bits per heavy atom. The first-order chi connectivity index (χ1) is 16.8. The van der Waals surface area contributed by atoms with Crippen LogP contribution < -0.4 is 5.32 Å². The van der Waals surface area contributed by atoms with Crippen LogP contribution in [0.15, 0.2) is 42.9 Å². The Morgan fingerprint density at radius 1 is 1.26 bits per heavy atom. The Balaban J connectivity index is 1.51. The van der Waals surface area contributed by atoms with E-state index < -0.39 is 23.3 Å². The number of rotatable bonds is 4. The average Bonchev–Trinajstić information content (AvgIpc) is 3.58. The predicted octanol–water partition coefficient (Wildman–Crippen LogP) is 4.56. The van der Waals surface area contributed by atoms with Crippen molar-refractivity contribution in [3.8, 4) is 11.8 Å². The highest BCUT2D eigenvalue weighted by molar-refractivity contribution is 6.31. The Labute approximate surface area is 200 Å². The molecule has 1 atom stereocenters. The van der Waals surface area contributed by atoms with Crippen molar-refractivity contribution in [2.75, 3.05) is 11.9 Å². The number of nitriles is 1. The van der Waals surface area contributed by atoms with Crippen molar-refractivity contribution in [1.29, 1.82) is 5.26 Å². The number of hydrogen-bond donors (Lipinski definition) is 1. The minimum absolute atomic E-state index is 0.00139. The van der Waals surface area contributed by atoms with Gasteiger partial charge in [0.05, 0.1) is 51.8 Å². The second-order valence-electron chi connectivity index (χ2n) is 7.71. The molecule has 4 aromatic heterocycles. The van der Waals surface area contributed by atoms with Gasteiger partial charge < -0.3 is 10.1 Å². The van der Waals surface area contributed by atoms with Crippen LogP contribution >= 0.6 is 11.6 Å². The lowest BCUT2D eigenvalue weighted by molar-refractivity contribution is -0.143. The van der Waals surface area contributed by atoms with E-state index in [0.717, 1.165) is 19.0 Å². The van der Waals surface area contributed by atoms with Crippen LogP contribution in [0.3, 0.4) is 0 Å². The van der Waals surface area contributed by atoms with Crippen molar-refractivity contribution >= 4 is 28.7 Å². The fourth-order valence-corrected chi connectivity index (χ4v) is 4.27. The highest BCUT2D eigenvalue weighted by atomic mass is 35.5. The predicted molar refractivity (Wildman–Crippen MR) is 117 cm³/mol. The summed E-state index contributed by atoms with van der Waals surface area (Å²) in [5.74, 6) is -1.04. The van der Waals surface area contributed by atoms with Crippen molar-refractivity contribution < 1.29 is 22.7 Å². The number of aromatic nitrogens is 5. The number of carbonyl (C=O) groups excluding carboxylic acids is 1. The zero-order valence-electron chi connectivity index (χ0n) is 17.8. The molecule has 13 heteroatoms. The molecule has 0 bridgehead atoms. The number of amides is 1. The second-order valence-corrected chi connectivity index (χ2v) is 8.11. The molecule has 0 aliphatic carbocycles. The van der Waals surface area contributed by atoms with E-state index in [1.54, 1.807) is 0 Å². The third-order valence-electron chi connectivity index (χ3n) is 5.52. The van der Waals surface area contributed by atoms with Gasteiger partial charge >= 0.3 is 6.18 Å². The van der Waals surface area contributed by atoms with E-state index in [9.17, 15) is 23.2 Å². The first-order valence-electron chi connectivity index (χ1n) is 10.4. The Kier molecular flexibility index (Phi) is 5.66. The molecule has 0 saturated carbocycles. The van der Waals surface area contributed by atoms with Gasteiger partial charge in [-0.25, -0.2) is 9.20 Å². The quantitative estimate of drug-likeness (QED) is 0.439. The van der Waals surface area contributed by atoms with Gasteiger partial charge in [-0.2, -0.15) is 28.6 Å². The van der Waals surface area contributed by atoms with Crippen LogP contribution in [0.4, 0.5) is 18.9 Å².